The van der Waals surface area contributed by atoms with Crippen molar-refractivity contribution in [3.8, 4) is 16.9 Å². The molecule has 3 unspecified atom stereocenters. The lowest BCUT2D eigenvalue weighted by Crippen LogP contribution is -2.10. The monoisotopic (exact) mass is 368 g/mol. The van der Waals surface area contributed by atoms with Crippen LogP contribution in [0.2, 0.25) is 0 Å². The van der Waals surface area contributed by atoms with Crippen molar-refractivity contribution in [3.05, 3.63) is 59.7 Å². The minimum Gasteiger partial charge on any atom is -0.494 e. The van der Waals surface area contributed by atoms with Gasteiger partial charge < -0.3 is 4.74 Å². The van der Waals surface area contributed by atoms with Gasteiger partial charge in [0.15, 0.2) is 11.6 Å². The van der Waals surface area contributed by atoms with E-state index in [9.17, 15) is 8.78 Å². The second-order valence-corrected chi connectivity index (χ2v) is 7.81. The Hall–Kier alpha value is -2.16. The Morgan fingerprint density at radius 2 is 1.70 bits per heavy atom. The normalized spacial score (nSPS) is 24.0. The van der Waals surface area contributed by atoms with E-state index in [4.69, 9.17) is 4.74 Å². The highest BCUT2D eigenvalue weighted by Gasteiger charge is 2.40. The topological polar surface area (TPSA) is 9.23 Å². The van der Waals surface area contributed by atoms with Gasteiger partial charge in [0.2, 0.25) is 5.82 Å². The third-order valence-electron chi connectivity index (χ3n) is 6.44. The zero-order chi connectivity index (χ0) is 19.0. The van der Waals surface area contributed by atoms with Gasteiger partial charge in [-0.15, -0.1) is 0 Å². The largest absolute Gasteiger partial charge is 0.494 e. The first-order valence-corrected chi connectivity index (χ1v) is 9.96. The number of hydrogen-bond acceptors (Lipinski definition) is 1. The smallest absolute Gasteiger partial charge is 0.201 e. The highest BCUT2D eigenvalue weighted by Crippen LogP contribution is 2.52. The van der Waals surface area contributed by atoms with Crippen LogP contribution >= 0.6 is 0 Å². The molecular formula is C24H26F2O. The molecule has 2 aliphatic rings. The minimum absolute atomic E-state index is 0.0714. The Bertz CT molecular complexity index is 853. The number of halogens is 2. The predicted octanol–water partition coefficient (Wildman–Crippen LogP) is 6.87. The van der Waals surface area contributed by atoms with Gasteiger partial charge in [0.25, 0.3) is 0 Å². The summed E-state index contributed by atoms with van der Waals surface area (Å²) in [7, 11) is 1.34. The molecule has 2 aromatic rings. The van der Waals surface area contributed by atoms with Crippen LogP contribution < -0.4 is 4.74 Å². The lowest BCUT2D eigenvalue weighted by atomic mass is 9.85. The van der Waals surface area contributed by atoms with E-state index in [1.54, 1.807) is 6.07 Å². The number of hydrogen-bond donors (Lipinski definition) is 0. The molecule has 0 aliphatic heterocycles. The van der Waals surface area contributed by atoms with Crippen LogP contribution in [0.15, 0.2) is 42.5 Å². The van der Waals surface area contributed by atoms with Crippen molar-refractivity contribution in [2.45, 2.75) is 39.0 Å². The third-order valence-corrected chi connectivity index (χ3v) is 6.44. The first kappa shape index (κ1) is 18.2. The van der Waals surface area contributed by atoms with Gasteiger partial charge in [-0.1, -0.05) is 50.1 Å². The Morgan fingerprint density at radius 3 is 2.41 bits per heavy atom. The van der Waals surface area contributed by atoms with Gasteiger partial charge in [0, 0.05) is 5.56 Å². The maximum absolute atomic E-state index is 14.4. The van der Waals surface area contributed by atoms with E-state index >= 15 is 0 Å². The van der Waals surface area contributed by atoms with Gasteiger partial charge in [-0.2, -0.15) is 4.39 Å². The van der Waals surface area contributed by atoms with Crippen LogP contribution in [-0.4, -0.2) is 7.11 Å². The van der Waals surface area contributed by atoms with Gasteiger partial charge in [-0.05, 0) is 65.8 Å². The van der Waals surface area contributed by atoms with Crippen molar-refractivity contribution in [2.24, 2.45) is 17.8 Å². The highest BCUT2D eigenvalue weighted by molar-refractivity contribution is 5.73. The van der Waals surface area contributed by atoms with Gasteiger partial charge in [0.1, 0.15) is 0 Å². The van der Waals surface area contributed by atoms with E-state index in [1.807, 2.05) is 12.1 Å². The van der Waals surface area contributed by atoms with Gasteiger partial charge in [-0.25, -0.2) is 4.39 Å². The number of methoxy groups -OCH3 is 1. The molecule has 27 heavy (non-hydrogen) atoms. The maximum atomic E-state index is 14.4. The second-order valence-electron chi connectivity index (χ2n) is 7.81. The molecule has 1 nitrogen and oxygen atoms in total. The van der Waals surface area contributed by atoms with Gasteiger partial charge >= 0.3 is 0 Å². The zero-order valence-electron chi connectivity index (χ0n) is 16.0. The summed E-state index contributed by atoms with van der Waals surface area (Å²) in [5.41, 5.74) is 3.62. The third kappa shape index (κ3) is 3.18. The molecule has 2 aromatic carbocycles. The fourth-order valence-electron chi connectivity index (χ4n) is 5.12. The van der Waals surface area contributed by atoms with Crippen LogP contribution in [0.1, 0.15) is 44.6 Å². The lowest BCUT2D eigenvalue weighted by molar-refractivity contribution is 0.347. The molecule has 2 aliphatic carbocycles. The fourth-order valence-corrected chi connectivity index (χ4v) is 5.12. The standard InChI is InChI=1S/C24H26F2O/c1-3-4-15-9-10-21-18(15)11-12-19(21)16-5-7-17(8-6-16)20-13-14-22(27-2)24(26)23(20)25/h5-8,12-15,18,21H,3-4,9-11H2,1-2H3. The Labute approximate surface area is 160 Å². The molecule has 1 fully saturated rings. The molecule has 0 aromatic heterocycles. The van der Waals surface area contributed by atoms with Crippen molar-refractivity contribution >= 4 is 5.57 Å². The van der Waals surface area contributed by atoms with E-state index in [1.165, 1.54) is 56.4 Å². The van der Waals surface area contributed by atoms with E-state index < -0.39 is 11.6 Å². The molecule has 0 bridgehead atoms. The van der Waals surface area contributed by atoms with Crippen molar-refractivity contribution in [2.75, 3.05) is 7.11 Å². The number of benzene rings is 2. The van der Waals surface area contributed by atoms with Gasteiger partial charge in [0.05, 0.1) is 7.11 Å². The molecule has 4 rings (SSSR count). The first-order chi connectivity index (χ1) is 13.1. The molecule has 0 N–H and O–H groups in total. The van der Waals surface area contributed by atoms with Crippen molar-refractivity contribution < 1.29 is 13.5 Å². The molecule has 0 radical (unpaired) electrons. The Balaban J connectivity index is 1.57. The van der Waals surface area contributed by atoms with E-state index in [-0.39, 0.29) is 11.3 Å². The lowest BCUT2D eigenvalue weighted by Gasteiger charge is -2.19. The second kappa shape index (κ2) is 7.46. The van der Waals surface area contributed by atoms with Crippen molar-refractivity contribution in [1.82, 2.24) is 0 Å². The van der Waals surface area contributed by atoms with Crippen LogP contribution in [0.25, 0.3) is 16.7 Å². The van der Waals surface area contributed by atoms with Crippen LogP contribution in [0.3, 0.4) is 0 Å². The van der Waals surface area contributed by atoms with E-state index in [0.717, 1.165) is 11.8 Å². The summed E-state index contributed by atoms with van der Waals surface area (Å²) < 4.78 is 33.2. The van der Waals surface area contributed by atoms with Gasteiger partial charge in [-0.3, -0.25) is 0 Å². The fraction of sp³-hybridized carbons (Fsp3) is 0.417. The van der Waals surface area contributed by atoms with Crippen molar-refractivity contribution in [1.29, 1.82) is 0 Å². The molecule has 142 valence electrons. The molecule has 0 spiro atoms. The number of allylic oxidation sites excluding steroid dienone is 2. The van der Waals surface area contributed by atoms with Crippen LogP contribution in [0.4, 0.5) is 8.78 Å². The number of fused-ring (bicyclic) bond motifs is 1. The summed E-state index contributed by atoms with van der Waals surface area (Å²) in [4.78, 5) is 0. The Kier molecular flexibility index (Phi) is 5.03. The summed E-state index contributed by atoms with van der Waals surface area (Å²) in [6, 6.07) is 10.9. The maximum Gasteiger partial charge on any atom is 0.201 e. The first-order valence-electron chi connectivity index (χ1n) is 9.96. The predicted molar refractivity (Wildman–Crippen MR) is 106 cm³/mol. The highest BCUT2D eigenvalue weighted by atomic mass is 19.2. The van der Waals surface area contributed by atoms with E-state index in [2.05, 4.69) is 25.1 Å². The number of ether oxygens (including phenoxy) is 1. The summed E-state index contributed by atoms with van der Waals surface area (Å²) in [6.45, 7) is 2.27. The summed E-state index contributed by atoms with van der Waals surface area (Å²) >= 11 is 0. The van der Waals surface area contributed by atoms with Crippen LogP contribution in [-0.2, 0) is 0 Å². The molecule has 0 saturated heterocycles. The van der Waals surface area contributed by atoms with Crippen LogP contribution in [0, 0.1) is 29.4 Å². The SMILES string of the molecule is CCCC1CCC2C(c3ccc(-c4ccc(OC)c(F)c4F)cc3)=CCC12. The molecule has 3 atom stereocenters. The quantitative estimate of drug-likeness (QED) is 0.559. The molecule has 0 amide bonds. The molecular weight excluding hydrogens is 342 g/mol. The molecule has 3 heteroatoms. The average molecular weight is 368 g/mol. The zero-order valence-corrected chi connectivity index (χ0v) is 16.0. The molecule has 0 heterocycles. The minimum atomic E-state index is -0.937. The van der Waals surface area contributed by atoms with E-state index in [0.29, 0.717) is 11.5 Å². The van der Waals surface area contributed by atoms with Crippen molar-refractivity contribution in [3.63, 3.8) is 0 Å². The summed E-state index contributed by atoms with van der Waals surface area (Å²) in [5, 5.41) is 0. The average Bonchev–Trinajstić information content (AvgIpc) is 3.28. The summed E-state index contributed by atoms with van der Waals surface area (Å²) in [5.74, 6) is 0.464. The van der Waals surface area contributed by atoms with Crippen LogP contribution in [0.5, 0.6) is 5.75 Å². The molecule has 1 saturated carbocycles. The summed E-state index contributed by atoms with van der Waals surface area (Å²) in [6.07, 6.45) is 8.81. The Morgan fingerprint density at radius 1 is 0.963 bits per heavy atom. The number of rotatable bonds is 5.